The number of allylic oxidation sites excluding steroid dienone is 2. The number of hydrogen-bond donors (Lipinski definition) is 7. The summed E-state index contributed by atoms with van der Waals surface area (Å²) in [6.07, 6.45) is -4.10. The zero-order chi connectivity index (χ0) is 40.4. The second kappa shape index (κ2) is 18.0. The fourth-order valence-corrected chi connectivity index (χ4v) is 8.36. The van der Waals surface area contributed by atoms with Gasteiger partial charge in [-0.15, -0.1) is 0 Å². The highest BCUT2D eigenvalue weighted by Gasteiger charge is 2.60. The van der Waals surface area contributed by atoms with E-state index >= 15 is 0 Å². The van der Waals surface area contributed by atoms with Gasteiger partial charge >= 0.3 is 0 Å². The van der Waals surface area contributed by atoms with Crippen LogP contribution in [0.15, 0.2) is 58.7 Å². The molecule has 7 N–H and O–H groups in total. The van der Waals surface area contributed by atoms with Gasteiger partial charge in [0.2, 0.25) is 0 Å². The van der Waals surface area contributed by atoms with E-state index in [9.17, 15) is 40.5 Å². The van der Waals surface area contributed by atoms with Crippen molar-refractivity contribution in [1.82, 2.24) is 0 Å². The Kier molecular flexibility index (Phi) is 14.9. The van der Waals surface area contributed by atoms with E-state index in [1.54, 1.807) is 19.9 Å². The topological polar surface area (TPSA) is 196 Å². The second-order valence-corrected chi connectivity index (χ2v) is 16.9. The lowest BCUT2D eigenvalue weighted by Gasteiger charge is -2.49. The number of hydrogen-bond acceptors (Lipinski definition) is 12. The standard InChI is InChI=1S/C42H66O12/c1-21(2)13-15-30(43)24(6)20-29-38(49)41(10)18-11-12-28(41)25(7)42(29,50)19-17-23(5)31(16-14-22(3)4)53-39-36(48)34(46)37(27(9)52-39)54-40-35(47)33(45)32(44)26(8)51-40/h13-14,17,20,26-37,39-40,43-48,50H,7,11-12,15-16,18-19H2,1-6,8-10H3/b23-17+,24-20+/t26-,27+,28-,29+,30+,31-,32-,33+,34+,35+,36+,37-,39-,40-,41-,42+/m0/s1. The Morgan fingerprint density at radius 3 is 2.07 bits per heavy atom. The van der Waals surface area contributed by atoms with Crippen molar-refractivity contribution < 1.29 is 59.5 Å². The van der Waals surface area contributed by atoms with Crippen LogP contribution in [-0.4, -0.2) is 121 Å². The highest BCUT2D eigenvalue weighted by Crippen LogP contribution is 2.58. The van der Waals surface area contributed by atoms with Crippen molar-refractivity contribution in [2.45, 2.75) is 180 Å². The Morgan fingerprint density at radius 1 is 0.852 bits per heavy atom. The van der Waals surface area contributed by atoms with E-state index < -0.39 is 90.6 Å². The van der Waals surface area contributed by atoms with Crippen molar-refractivity contribution in [3.8, 4) is 0 Å². The maximum atomic E-state index is 14.3. The number of Topliss-reactive ketones (excluding diaryl/α,β-unsaturated/α-hetero) is 1. The van der Waals surface area contributed by atoms with Gasteiger partial charge in [-0.25, -0.2) is 0 Å². The van der Waals surface area contributed by atoms with Gasteiger partial charge in [-0.1, -0.05) is 55.4 Å². The average Bonchev–Trinajstić information content (AvgIpc) is 3.52. The minimum absolute atomic E-state index is 0.0505. The van der Waals surface area contributed by atoms with E-state index in [4.69, 9.17) is 18.9 Å². The molecule has 0 radical (unpaired) electrons. The first-order valence-electron chi connectivity index (χ1n) is 19.4. The molecule has 54 heavy (non-hydrogen) atoms. The molecule has 4 rings (SSSR count). The Labute approximate surface area is 320 Å². The molecule has 4 aliphatic rings. The SMILES string of the molecule is C=C1[C@@H]2CCC[C@]2(C)C(=O)[C@@H](/C=C(\C)[C@H](O)CC=C(C)C)[C@@]1(O)C/C=C(\C)[C@H](CC=C(C)C)O[C@@H]1O[C@H](C)[C@H](O[C@@H]2O[C@@H](C)[C@H](O)[C@@H](O)[C@H]2O)[C@H](O)[C@H]1O. The molecule has 12 heteroatoms. The lowest BCUT2D eigenvalue weighted by molar-refractivity contribution is -0.354. The first kappa shape index (κ1) is 44.6. The van der Waals surface area contributed by atoms with Crippen LogP contribution in [0.2, 0.25) is 0 Å². The third kappa shape index (κ3) is 9.37. The lowest BCUT2D eigenvalue weighted by atomic mass is 9.55. The lowest BCUT2D eigenvalue weighted by Crippen LogP contribution is -2.63. The number of rotatable bonds is 13. The third-order valence-electron chi connectivity index (χ3n) is 12.2. The molecule has 12 nitrogen and oxygen atoms in total. The van der Waals surface area contributed by atoms with Crippen molar-refractivity contribution >= 4 is 5.78 Å². The van der Waals surface area contributed by atoms with Crippen LogP contribution in [0, 0.1) is 17.3 Å². The maximum Gasteiger partial charge on any atom is 0.187 e. The predicted octanol–water partition coefficient (Wildman–Crippen LogP) is 3.70. The van der Waals surface area contributed by atoms with Crippen LogP contribution in [0.3, 0.4) is 0 Å². The monoisotopic (exact) mass is 762 g/mol. The summed E-state index contributed by atoms with van der Waals surface area (Å²) < 4.78 is 23.8. The smallest absolute Gasteiger partial charge is 0.187 e. The molecule has 2 saturated carbocycles. The van der Waals surface area contributed by atoms with E-state index in [2.05, 4.69) is 6.58 Å². The van der Waals surface area contributed by atoms with Crippen molar-refractivity contribution in [3.05, 3.63) is 58.7 Å². The Hall–Kier alpha value is -2.07. The van der Waals surface area contributed by atoms with Crippen molar-refractivity contribution in [1.29, 1.82) is 0 Å². The largest absolute Gasteiger partial charge is 0.388 e. The molecule has 16 atom stereocenters. The molecule has 0 bridgehead atoms. The van der Waals surface area contributed by atoms with Gasteiger partial charge in [-0.05, 0) is 110 Å². The number of fused-ring (bicyclic) bond motifs is 1. The van der Waals surface area contributed by atoms with E-state index in [1.165, 1.54) is 6.92 Å². The molecule has 2 aliphatic carbocycles. The predicted molar refractivity (Wildman–Crippen MR) is 203 cm³/mol. The van der Waals surface area contributed by atoms with Gasteiger partial charge in [0.15, 0.2) is 12.6 Å². The molecule has 0 unspecified atom stereocenters. The second-order valence-electron chi connectivity index (χ2n) is 16.9. The zero-order valence-electron chi connectivity index (χ0n) is 33.5. The van der Waals surface area contributed by atoms with Crippen LogP contribution in [-0.2, 0) is 23.7 Å². The summed E-state index contributed by atoms with van der Waals surface area (Å²) in [6.45, 7) is 20.9. The van der Waals surface area contributed by atoms with Crippen LogP contribution in [0.4, 0.5) is 0 Å². The van der Waals surface area contributed by atoms with E-state index in [1.807, 2.05) is 59.8 Å². The van der Waals surface area contributed by atoms with Crippen LogP contribution in [0.1, 0.15) is 101 Å². The number of ketones is 1. The Bertz CT molecular complexity index is 1460. The molecule has 306 valence electrons. The van der Waals surface area contributed by atoms with Crippen LogP contribution in [0.25, 0.3) is 0 Å². The summed E-state index contributed by atoms with van der Waals surface area (Å²) >= 11 is 0. The van der Waals surface area contributed by atoms with Crippen molar-refractivity contribution in [3.63, 3.8) is 0 Å². The summed E-state index contributed by atoms with van der Waals surface area (Å²) in [6, 6.07) is 0. The van der Waals surface area contributed by atoms with Gasteiger partial charge < -0.3 is 54.7 Å². The molecule has 0 amide bonds. The molecule has 0 spiro atoms. The van der Waals surface area contributed by atoms with Gasteiger partial charge in [0.1, 0.15) is 48.0 Å². The highest BCUT2D eigenvalue weighted by molar-refractivity contribution is 5.92. The van der Waals surface area contributed by atoms with E-state index in [-0.39, 0.29) is 18.1 Å². The summed E-state index contributed by atoms with van der Waals surface area (Å²) in [5, 5.41) is 76.7. The average molecular weight is 763 g/mol. The molecule has 2 saturated heterocycles. The summed E-state index contributed by atoms with van der Waals surface area (Å²) in [7, 11) is 0. The van der Waals surface area contributed by atoms with Crippen LogP contribution in [0.5, 0.6) is 0 Å². The highest BCUT2D eigenvalue weighted by atomic mass is 16.7. The zero-order valence-corrected chi connectivity index (χ0v) is 33.5. The molecular formula is C42H66O12. The molecular weight excluding hydrogens is 696 g/mol. The first-order valence-corrected chi connectivity index (χ1v) is 19.4. The van der Waals surface area contributed by atoms with Gasteiger partial charge in [0.25, 0.3) is 0 Å². The number of aliphatic hydroxyl groups excluding tert-OH is 6. The fourth-order valence-electron chi connectivity index (χ4n) is 8.36. The quantitative estimate of drug-likeness (QED) is 0.135. The molecule has 4 fully saturated rings. The van der Waals surface area contributed by atoms with Crippen LogP contribution < -0.4 is 0 Å². The first-order chi connectivity index (χ1) is 25.1. The molecule has 0 aromatic rings. The maximum absolute atomic E-state index is 14.3. The fraction of sp³-hybridized carbons (Fsp3) is 0.738. The summed E-state index contributed by atoms with van der Waals surface area (Å²) in [5.41, 5.74) is 1.72. The minimum Gasteiger partial charge on any atom is -0.388 e. The normalized spacial score (nSPS) is 41.6. The molecule has 0 aromatic heterocycles. The molecule has 2 heterocycles. The number of aliphatic hydroxyl groups is 7. The molecule has 2 aliphatic heterocycles. The van der Waals surface area contributed by atoms with Crippen molar-refractivity contribution in [2.24, 2.45) is 17.3 Å². The van der Waals surface area contributed by atoms with Crippen molar-refractivity contribution in [2.75, 3.05) is 0 Å². The van der Waals surface area contributed by atoms with Crippen LogP contribution >= 0.6 is 0 Å². The molecule has 0 aromatic carbocycles. The number of ether oxygens (including phenoxy) is 4. The van der Waals surface area contributed by atoms with Gasteiger partial charge in [-0.2, -0.15) is 0 Å². The number of carbonyl (C=O) groups excluding carboxylic acids is 1. The van der Waals surface area contributed by atoms with Gasteiger partial charge in [0, 0.05) is 5.41 Å². The van der Waals surface area contributed by atoms with Gasteiger partial charge in [0.05, 0.1) is 30.3 Å². The third-order valence-corrected chi connectivity index (χ3v) is 12.2. The summed E-state index contributed by atoms with van der Waals surface area (Å²) in [4.78, 5) is 14.3. The van der Waals surface area contributed by atoms with Gasteiger partial charge in [-0.3, -0.25) is 4.79 Å². The summed E-state index contributed by atoms with van der Waals surface area (Å²) in [5.74, 6) is -1.16. The Balaban J connectivity index is 1.58. The Morgan fingerprint density at radius 2 is 1.44 bits per heavy atom. The number of carbonyl (C=O) groups is 1. The minimum atomic E-state index is -1.63. The van der Waals surface area contributed by atoms with E-state index in [0.29, 0.717) is 36.0 Å². The van der Waals surface area contributed by atoms with E-state index in [0.717, 1.165) is 24.0 Å².